The molecule has 0 aliphatic carbocycles. The highest BCUT2D eigenvalue weighted by atomic mass is 35.7. The molecular weight excluding hydrogens is 236 g/mol. The molecule has 72 valence electrons. The molecule has 0 saturated heterocycles. The Hall–Kier alpha value is -0.590. The van der Waals surface area contributed by atoms with Gasteiger partial charge in [0.1, 0.15) is 4.88 Å². The standard InChI is InChI=1S/C6H5ClO4S2/c1-4-2-5(12-3-4)6(8)11-13(7,9)10/h2-3H,1H3. The van der Waals surface area contributed by atoms with E-state index in [1.165, 1.54) is 6.07 Å². The summed E-state index contributed by atoms with van der Waals surface area (Å²) in [6, 6.07) is 1.52. The molecule has 0 amide bonds. The maximum Gasteiger partial charge on any atom is 0.404 e. The normalized spacial score (nSPS) is 11.2. The lowest BCUT2D eigenvalue weighted by Gasteiger charge is -1.94. The smallest absolute Gasteiger partial charge is 0.329 e. The first-order valence-corrected chi connectivity index (χ1v) is 6.23. The fraction of sp³-hybridized carbons (Fsp3) is 0.167. The number of halogens is 1. The van der Waals surface area contributed by atoms with Gasteiger partial charge in [-0.15, -0.1) is 11.3 Å². The molecule has 4 nitrogen and oxygen atoms in total. The van der Waals surface area contributed by atoms with E-state index in [1.54, 1.807) is 12.3 Å². The molecule has 0 bridgehead atoms. The third kappa shape index (κ3) is 3.33. The van der Waals surface area contributed by atoms with Gasteiger partial charge in [0.25, 0.3) is 0 Å². The van der Waals surface area contributed by atoms with Crippen molar-refractivity contribution in [3.63, 3.8) is 0 Å². The number of rotatable bonds is 2. The minimum atomic E-state index is -4.23. The van der Waals surface area contributed by atoms with Crippen LogP contribution >= 0.6 is 22.0 Å². The van der Waals surface area contributed by atoms with E-state index in [9.17, 15) is 13.2 Å². The number of thiophene rings is 1. The van der Waals surface area contributed by atoms with E-state index in [2.05, 4.69) is 4.18 Å². The molecule has 0 radical (unpaired) electrons. The Morgan fingerprint density at radius 3 is 2.62 bits per heavy atom. The number of hydrogen-bond acceptors (Lipinski definition) is 5. The fourth-order valence-corrected chi connectivity index (χ4v) is 1.94. The van der Waals surface area contributed by atoms with Gasteiger partial charge in [0.15, 0.2) is 0 Å². The molecule has 0 unspecified atom stereocenters. The SMILES string of the molecule is Cc1csc(C(=O)OS(=O)(=O)Cl)c1. The van der Waals surface area contributed by atoms with E-state index in [1.807, 2.05) is 0 Å². The van der Waals surface area contributed by atoms with Gasteiger partial charge in [-0.25, -0.2) is 4.79 Å². The number of carbonyl (C=O) groups is 1. The van der Waals surface area contributed by atoms with Gasteiger partial charge in [-0.1, -0.05) is 0 Å². The van der Waals surface area contributed by atoms with E-state index in [0.717, 1.165) is 16.9 Å². The van der Waals surface area contributed by atoms with Gasteiger partial charge < -0.3 is 4.18 Å². The first-order valence-electron chi connectivity index (χ1n) is 3.12. The van der Waals surface area contributed by atoms with Crippen molar-refractivity contribution in [1.29, 1.82) is 0 Å². The third-order valence-corrected chi connectivity index (χ3v) is 2.67. The van der Waals surface area contributed by atoms with Crippen molar-refractivity contribution in [2.24, 2.45) is 0 Å². The first kappa shape index (κ1) is 10.5. The Labute approximate surface area is 83.7 Å². The maximum absolute atomic E-state index is 11.0. The molecule has 0 fully saturated rings. The van der Waals surface area contributed by atoms with E-state index < -0.39 is 15.3 Å². The van der Waals surface area contributed by atoms with E-state index in [0.29, 0.717) is 0 Å². The average molecular weight is 241 g/mol. The second-order valence-corrected chi connectivity index (χ2v) is 5.25. The molecule has 0 aliphatic rings. The summed E-state index contributed by atoms with van der Waals surface area (Å²) in [6.45, 7) is 1.78. The highest BCUT2D eigenvalue weighted by Crippen LogP contribution is 2.16. The van der Waals surface area contributed by atoms with Crippen molar-refractivity contribution in [3.05, 3.63) is 21.9 Å². The molecule has 0 N–H and O–H groups in total. The van der Waals surface area contributed by atoms with Crippen molar-refractivity contribution in [1.82, 2.24) is 0 Å². The summed E-state index contributed by atoms with van der Waals surface area (Å²) in [4.78, 5) is 11.2. The monoisotopic (exact) mass is 240 g/mol. The zero-order valence-corrected chi connectivity index (χ0v) is 8.87. The van der Waals surface area contributed by atoms with Crippen LogP contribution in [0.15, 0.2) is 11.4 Å². The van der Waals surface area contributed by atoms with Gasteiger partial charge >= 0.3 is 15.3 Å². The lowest BCUT2D eigenvalue weighted by molar-refractivity contribution is 0.0756. The second-order valence-electron chi connectivity index (χ2n) is 2.25. The minimum Gasteiger partial charge on any atom is -0.329 e. The van der Waals surface area contributed by atoms with Crippen LogP contribution in [0.1, 0.15) is 15.2 Å². The molecule has 0 atom stereocenters. The van der Waals surface area contributed by atoms with E-state index in [4.69, 9.17) is 10.7 Å². The highest BCUT2D eigenvalue weighted by molar-refractivity contribution is 8.10. The molecular formula is C6H5ClO4S2. The van der Waals surface area contributed by atoms with E-state index >= 15 is 0 Å². The number of aryl methyl sites for hydroxylation is 1. The summed E-state index contributed by atoms with van der Waals surface area (Å²) in [5.74, 6) is -0.951. The van der Waals surface area contributed by atoms with Gasteiger partial charge in [0, 0.05) is 0 Å². The lowest BCUT2D eigenvalue weighted by atomic mass is 10.3. The zero-order chi connectivity index (χ0) is 10.1. The maximum atomic E-state index is 11.0. The van der Waals surface area contributed by atoms with Gasteiger partial charge in [-0.2, -0.15) is 8.42 Å². The van der Waals surface area contributed by atoms with Gasteiger partial charge in [0.2, 0.25) is 0 Å². The van der Waals surface area contributed by atoms with Crippen molar-refractivity contribution >= 4 is 37.3 Å². The zero-order valence-electron chi connectivity index (χ0n) is 6.48. The van der Waals surface area contributed by atoms with Crippen molar-refractivity contribution < 1.29 is 17.4 Å². The lowest BCUT2D eigenvalue weighted by Crippen LogP contribution is -2.06. The Morgan fingerprint density at radius 2 is 2.23 bits per heavy atom. The number of hydrogen-bond donors (Lipinski definition) is 0. The Kier molecular flexibility index (Phi) is 2.94. The largest absolute Gasteiger partial charge is 0.404 e. The summed E-state index contributed by atoms with van der Waals surface area (Å²) < 4.78 is 24.6. The molecule has 7 heteroatoms. The molecule has 1 rings (SSSR count). The van der Waals surface area contributed by atoms with Crippen molar-refractivity contribution in [3.8, 4) is 0 Å². The molecule has 0 spiro atoms. The molecule has 1 aromatic rings. The van der Waals surface area contributed by atoms with Crippen molar-refractivity contribution in [2.75, 3.05) is 0 Å². The predicted molar refractivity (Wildman–Crippen MR) is 49.2 cm³/mol. The summed E-state index contributed by atoms with van der Waals surface area (Å²) in [5, 5.41) is 1.71. The van der Waals surface area contributed by atoms with Crippen LogP contribution in [-0.2, 0) is 13.5 Å². The molecule has 0 saturated carbocycles. The number of carbonyl (C=O) groups excluding carboxylic acids is 1. The van der Waals surface area contributed by atoms with Crippen LogP contribution in [-0.4, -0.2) is 14.4 Å². The van der Waals surface area contributed by atoms with Crippen molar-refractivity contribution in [2.45, 2.75) is 6.92 Å². The van der Waals surface area contributed by atoms with Crippen LogP contribution in [0.4, 0.5) is 0 Å². The van der Waals surface area contributed by atoms with Crippen LogP contribution in [0.25, 0.3) is 0 Å². The van der Waals surface area contributed by atoms with Crippen LogP contribution in [0, 0.1) is 6.92 Å². The topological polar surface area (TPSA) is 60.4 Å². The van der Waals surface area contributed by atoms with Crippen LogP contribution in [0.5, 0.6) is 0 Å². The Bertz CT molecular complexity index is 420. The van der Waals surface area contributed by atoms with Crippen LogP contribution in [0.3, 0.4) is 0 Å². The quantitative estimate of drug-likeness (QED) is 0.739. The first-order chi connectivity index (χ1) is 5.88. The fourth-order valence-electron chi connectivity index (χ4n) is 0.670. The summed E-state index contributed by atoms with van der Waals surface area (Å²) in [5.41, 5.74) is 0.865. The average Bonchev–Trinajstić information content (AvgIpc) is 2.31. The molecule has 13 heavy (non-hydrogen) atoms. The van der Waals surface area contributed by atoms with Crippen LogP contribution < -0.4 is 0 Å². The molecule has 1 heterocycles. The van der Waals surface area contributed by atoms with Gasteiger partial charge in [-0.3, -0.25) is 0 Å². The third-order valence-electron chi connectivity index (χ3n) is 1.11. The van der Waals surface area contributed by atoms with E-state index in [-0.39, 0.29) is 4.88 Å². The summed E-state index contributed by atoms with van der Waals surface area (Å²) >= 11 is 1.10. The molecule has 0 aromatic carbocycles. The highest BCUT2D eigenvalue weighted by Gasteiger charge is 2.16. The summed E-state index contributed by atoms with van der Waals surface area (Å²) in [7, 11) is 0.486. The van der Waals surface area contributed by atoms with Crippen LogP contribution in [0.2, 0.25) is 0 Å². The molecule has 1 aromatic heterocycles. The Balaban J connectivity index is 2.81. The second kappa shape index (κ2) is 3.65. The van der Waals surface area contributed by atoms with Gasteiger partial charge in [0.05, 0.1) is 10.7 Å². The Morgan fingerprint density at radius 1 is 1.62 bits per heavy atom. The van der Waals surface area contributed by atoms with Gasteiger partial charge in [-0.05, 0) is 23.9 Å². The summed E-state index contributed by atoms with van der Waals surface area (Å²) in [6.07, 6.45) is 0. The molecule has 0 aliphatic heterocycles. The predicted octanol–water partition coefficient (Wildman–Crippen LogP) is 1.70. The minimum absolute atomic E-state index is 0.210.